The van der Waals surface area contributed by atoms with Crippen molar-refractivity contribution in [2.75, 3.05) is 38.5 Å². The Hall–Kier alpha value is -2.69. The van der Waals surface area contributed by atoms with E-state index in [-0.39, 0.29) is 39.1 Å². The highest BCUT2D eigenvalue weighted by molar-refractivity contribution is 7.89. The minimum Gasteiger partial charge on any atom is -0.445 e. The van der Waals surface area contributed by atoms with Gasteiger partial charge in [-0.15, -0.1) is 0 Å². The van der Waals surface area contributed by atoms with E-state index in [1.807, 2.05) is 36.4 Å². The van der Waals surface area contributed by atoms with Crippen LogP contribution in [0.4, 0.5) is 4.79 Å². The van der Waals surface area contributed by atoms with Gasteiger partial charge in [-0.2, -0.15) is 4.31 Å². The number of hydroxylamine groups is 1. The van der Waals surface area contributed by atoms with Crippen LogP contribution in [0.1, 0.15) is 24.8 Å². The van der Waals surface area contributed by atoms with Crippen molar-refractivity contribution in [2.24, 2.45) is 5.41 Å². The van der Waals surface area contributed by atoms with E-state index < -0.39 is 33.2 Å². The number of likely N-dealkylation sites (tertiary alicyclic amines) is 1. The lowest BCUT2D eigenvalue weighted by molar-refractivity contribution is -0.141. The van der Waals surface area contributed by atoms with Crippen molar-refractivity contribution in [3.63, 3.8) is 0 Å². The molecular weight excluding hydrogens is 434 g/mol. The molecule has 2 N–H and O–H groups in total. The van der Waals surface area contributed by atoms with Gasteiger partial charge in [0.15, 0.2) is 0 Å². The van der Waals surface area contributed by atoms with Gasteiger partial charge in [-0.25, -0.2) is 18.7 Å². The number of carbonyl (C=O) groups excluding carboxylic acids is 2. The van der Waals surface area contributed by atoms with E-state index in [1.54, 1.807) is 5.48 Å². The summed E-state index contributed by atoms with van der Waals surface area (Å²) in [6.07, 6.45) is 3.58. The van der Waals surface area contributed by atoms with Crippen molar-refractivity contribution in [1.29, 1.82) is 0 Å². The van der Waals surface area contributed by atoms with Crippen LogP contribution in [0.15, 0.2) is 49.1 Å². The number of hydrogen-bond acceptors (Lipinski definition) is 6. The number of nitrogens with zero attached hydrogens (tertiary/aromatic N) is 2. The highest BCUT2D eigenvalue weighted by atomic mass is 32.2. The molecule has 0 atom stereocenters. The van der Waals surface area contributed by atoms with Gasteiger partial charge in [0.1, 0.15) is 6.61 Å². The second kappa shape index (κ2) is 10.3. The number of hydrogen-bond donors (Lipinski definition) is 2. The van der Waals surface area contributed by atoms with E-state index in [0.29, 0.717) is 13.0 Å². The summed E-state index contributed by atoms with van der Waals surface area (Å²) in [6.45, 7) is 4.40. The van der Waals surface area contributed by atoms with Crippen molar-refractivity contribution in [2.45, 2.75) is 19.3 Å². The quantitative estimate of drug-likeness (QED) is 0.363. The number of piperidine rings is 1. The molecule has 0 aromatic heterocycles. The molecule has 0 aliphatic carbocycles. The second-order valence-corrected chi connectivity index (χ2v) is 10.0. The zero-order valence-corrected chi connectivity index (χ0v) is 18.7. The number of nitrogens with one attached hydrogen (secondary N) is 1. The van der Waals surface area contributed by atoms with Crippen LogP contribution in [0, 0.1) is 5.41 Å². The molecule has 32 heavy (non-hydrogen) atoms. The van der Waals surface area contributed by atoms with Gasteiger partial charge in [0.2, 0.25) is 10.0 Å². The molecule has 0 radical (unpaired) electrons. The third kappa shape index (κ3) is 5.37. The van der Waals surface area contributed by atoms with Crippen molar-refractivity contribution < 1.29 is 28.0 Å². The maximum atomic E-state index is 13.2. The molecule has 2 heterocycles. The normalized spacial score (nSPS) is 19.0. The Bertz CT molecular complexity index is 969. The van der Waals surface area contributed by atoms with Gasteiger partial charge in [0.05, 0.1) is 11.2 Å². The monoisotopic (exact) mass is 463 g/mol. The molecule has 2 aliphatic rings. The average molecular weight is 464 g/mol. The van der Waals surface area contributed by atoms with Gasteiger partial charge in [-0.1, -0.05) is 49.1 Å². The molecule has 3 rings (SSSR count). The Morgan fingerprint density at radius 2 is 1.88 bits per heavy atom. The first-order valence-corrected chi connectivity index (χ1v) is 12.1. The summed E-state index contributed by atoms with van der Waals surface area (Å²) in [5.41, 5.74) is 2.45. The number of amides is 2. The molecule has 10 heteroatoms. The summed E-state index contributed by atoms with van der Waals surface area (Å²) in [5.74, 6) is -1.19. The molecule has 0 bridgehead atoms. The Balaban J connectivity index is 1.69. The van der Waals surface area contributed by atoms with E-state index in [1.165, 1.54) is 15.3 Å². The maximum absolute atomic E-state index is 13.2. The summed E-state index contributed by atoms with van der Waals surface area (Å²) < 4.78 is 32.8. The summed E-state index contributed by atoms with van der Waals surface area (Å²) in [7, 11) is -3.79. The minimum atomic E-state index is -3.79. The van der Waals surface area contributed by atoms with Gasteiger partial charge in [0, 0.05) is 26.2 Å². The van der Waals surface area contributed by atoms with Gasteiger partial charge >= 0.3 is 6.09 Å². The predicted octanol–water partition coefficient (Wildman–Crippen LogP) is 2.02. The number of rotatable bonds is 7. The van der Waals surface area contributed by atoms with E-state index >= 15 is 0 Å². The van der Waals surface area contributed by atoms with E-state index in [4.69, 9.17) is 4.74 Å². The molecule has 0 unspecified atom stereocenters. The Labute approximate surface area is 188 Å². The van der Waals surface area contributed by atoms with Gasteiger partial charge in [-0.05, 0) is 30.4 Å². The molecule has 0 saturated carbocycles. The fourth-order valence-electron chi connectivity index (χ4n) is 4.15. The number of sulfonamides is 1. The summed E-state index contributed by atoms with van der Waals surface area (Å²) in [4.78, 5) is 26.0. The molecule has 1 fully saturated rings. The van der Waals surface area contributed by atoms with Crippen molar-refractivity contribution in [3.05, 3.63) is 54.6 Å². The largest absolute Gasteiger partial charge is 0.445 e. The molecule has 1 aromatic rings. The standard InChI is InChI=1S/C22H29N3O6S/c1-2-16-31-21(27)24-14-10-22(11-15-24,20(26)23-28)17-32(29,30)25-12-8-19(9-13-25)18-6-4-3-5-7-18/h2-8,28H,1,9-17H2,(H,23,26). The molecule has 1 aromatic carbocycles. The maximum Gasteiger partial charge on any atom is 0.410 e. The zero-order chi connectivity index (χ0) is 23.2. The van der Waals surface area contributed by atoms with Crippen LogP contribution >= 0.6 is 0 Å². The molecular formula is C22H29N3O6S. The topological polar surface area (TPSA) is 116 Å². The fourth-order valence-corrected chi connectivity index (χ4v) is 6.12. The molecule has 2 aliphatic heterocycles. The second-order valence-electron chi connectivity index (χ2n) is 8.03. The average Bonchev–Trinajstić information content (AvgIpc) is 2.82. The van der Waals surface area contributed by atoms with Crippen LogP contribution in [-0.4, -0.2) is 73.4 Å². The predicted molar refractivity (Wildman–Crippen MR) is 119 cm³/mol. The third-order valence-electron chi connectivity index (χ3n) is 6.06. The van der Waals surface area contributed by atoms with Crippen LogP contribution in [0.2, 0.25) is 0 Å². The first kappa shape index (κ1) is 24.0. The van der Waals surface area contributed by atoms with Crippen molar-refractivity contribution in [1.82, 2.24) is 14.7 Å². The SMILES string of the molecule is C=CCOC(=O)N1CCC(CS(=O)(=O)N2CC=C(c3ccccc3)CC2)(C(=O)NO)CC1. The summed E-state index contributed by atoms with van der Waals surface area (Å²) in [6, 6.07) is 9.79. The lowest BCUT2D eigenvalue weighted by Crippen LogP contribution is -2.54. The van der Waals surface area contributed by atoms with Crippen LogP contribution in [0.25, 0.3) is 5.57 Å². The zero-order valence-electron chi connectivity index (χ0n) is 17.9. The third-order valence-corrected chi connectivity index (χ3v) is 8.09. The Kier molecular flexibility index (Phi) is 7.70. The summed E-state index contributed by atoms with van der Waals surface area (Å²) in [5, 5.41) is 9.28. The van der Waals surface area contributed by atoms with Crippen LogP contribution < -0.4 is 5.48 Å². The molecule has 174 valence electrons. The lowest BCUT2D eigenvalue weighted by Gasteiger charge is -2.40. The van der Waals surface area contributed by atoms with Crippen molar-refractivity contribution in [3.8, 4) is 0 Å². The molecule has 9 nitrogen and oxygen atoms in total. The lowest BCUT2D eigenvalue weighted by atomic mass is 9.79. The molecule has 0 spiro atoms. The van der Waals surface area contributed by atoms with Crippen LogP contribution in [0.5, 0.6) is 0 Å². The number of ether oxygens (including phenoxy) is 1. The highest BCUT2D eigenvalue weighted by Crippen LogP contribution is 2.35. The van der Waals surface area contributed by atoms with E-state index in [2.05, 4.69) is 6.58 Å². The Morgan fingerprint density at radius 1 is 1.19 bits per heavy atom. The smallest absolute Gasteiger partial charge is 0.410 e. The molecule has 2 amide bonds. The summed E-state index contributed by atoms with van der Waals surface area (Å²) >= 11 is 0. The minimum absolute atomic E-state index is 0.0689. The number of benzene rings is 1. The first-order chi connectivity index (χ1) is 15.3. The van der Waals surface area contributed by atoms with E-state index in [9.17, 15) is 23.2 Å². The van der Waals surface area contributed by atoms with Crippen LogP contribution in [0.3, 0.4) is 0 Å². The molecule has 1 saturated heterocycles. The highest BCUT2D eigenvalue weighted by Gasteiger charge is 2.47. The Morgan fingerprint density at radius 3 is 2.44 bits per heavy atom. The first-order valence-electron chi connectivity index (χ1n) is 10.5. The van der Waals surface area contributed by atoms with Gasteiger partial charge in [-0.3, -0.25) is 10.0 Å². The fraction of sp³-hybridized carbons (Fsp3) is 0.455. The van der Waals surface area contributed by atoms with Crippen molar-refractivity contribution >= 4 is 27.6 Å². The number of carbonyl (C=O) groups is 2. The van der Waals surface area contributed by atoms with Gasteiger partial charge < -0.3 is 9.64 Å². The van der Waals surface area contributed by atoms with Crippen LogP contribution in [-0.2, 0) is 19.6 Å². The van der Waals surface area contributed by atoms with Gasteiger partial charge in [0.25, 0.3) is 5.91 Å². The van der Waals surface area contributed by atoms with E-state index in [0.717, 1.165) is 11.1 Å².